The van der Waals surface area contributed by atoms with Crippen LogP contribution in [0.2, 0.25) is 0 Å². The first-order valence-electron chi connectivity index (χ1n) is 8.66. The van der Waals surface area contributed by atoms with Crippen molar-refractivity contribution in [1.82, 2.24) is 0 Å². The molecule has 4 rings (SSSR count). The summed E-state index contributed by atoms with van der Waals surface area (Å²) in [7, 11) is 0. The fourth-order valence-corrected chi connectivity index (χ4v) is 2.89. The topological polar surface area (TPSA) is 56.5 Å². The van der Waals surface area contributed by atoms with E-state index < -0.39 is 5.82 Å². The fraction of sp³-hybridized carbons (Fsp3) is 0.0435. The smallest absolute Gasteiger partial charge is 0.235 e. The third-order valence-electron chi connectivity index (χ3n) is 4.31. The SMILES string of the molecule is O=C(COc1c(-c2ccccc2)oc2ccccc2c1=O)c1ccc(F)cc1. The van der Waals surface area contributed by atoms with E-state index in [2.05, 4.69) is 0 Å². The summed E-state index contributed by atoms with van der Waals surface area (Å²) in [6.45, 7) is -0.367. The Morgan fingerprint density at radius 1 is 0.893 bits per heavy atom. The Morgan fingerprint density at radius 3 is 2.32 bits per heavy atom. The number of para-hydroxylation sites is 1. The van der Waals surface area contributed by atoms with Crippen LogP contribution in [0.3, 0.4) is 0 Å². The molecule has 4 nitrogen and oxygen atoms in total. The number of hydrogen-bond donors (Lipinski definition) is 0. The molecular weight excluding hydrogens is 359 g/mol. The van der Waals surface area contributed by atoms with Crippen molar-refractivity contribution >= 4 is 16.8 Å². The molecule has 138 valence electrons. The molecule has 0 aliphatic carbocycles. The van der Waals surface area contributed by atoms with Crippen LogP contribution in [-0.2, 0) is 0 Å². The summed E-state index contributed by atoms with van der Waals surface area (Å²) >= 11 is 0. The van der Waals surface area contributed by atoms with E-state index in [1.165, 1.54) is 24.3 Å². The van der Waals surface area contributed by atoms with Gasteiger partial charge in [0.15, 0.2) is 18.2 Å². The monoisotopic (exact) mass is 374 g/mol. The van der Waals surface area contributed by atoms with Gasteiger partial charge >= 0.3 is 0 Å². The van der Waals surface area contributed by atoms with Crippen molar-refractivity contribution in [3.8, 4) is 17.1 Å². The average Bonchev–Trinajstić information content (AvgIpc) is 2.74. The third kappa shape index (κ3) is 3.42. The molecule has 0 atom stereocenters. The van der Waals surface area contributed by atoms with Crippen molar-refractivity contribution in [1.29, 1.82) is 0 Å². The standard InChI is InChI=1S/C23H15FO4/c24-17-12-10-15(11-13-17)19(25)14-27-23-21(26)18-8-4-5-9-20(18)28-22(23)16-6-2-1-3-7-16/h1-13H,14H2. The lowest BCUT2D eigenvalue weighted by Crippen LogP contribution is -2.17. The van der Waals surface area contributed by atoms with Gasteiger partial charge in [-0.2, -0.15) is 0 Å². The highest BCUT2D eigenvalue weighted by Gasteiger charge is 2.19. The van der Waals surface area contributed by atoms with Crippen LogP contribution < -0.4 is 10.2 Å². The van der Waals surface area contributed by atoms with E-state index in [1.54, 1.807) is 36.4 Å². The van der Waals surface area contributed by atoms with Crippen LogP contribution in [0.4, 0.5) is 4.39 Å². The lowest BCUT2D eigenvalue weighted by atomic mass is 10.1. The average molecular weight is 374 g/mol. The summed E-state index contributed by atoms with van der Waals surface area (Å²) in [6.07, 6.45) is 0. The van der Waals surface area contributed by atoms with Crippen LogP contribution in [0.5, 0.6) is 5.75 Å². The van der Waals surface area contributed by atoms with Gasteiger partial charge in [0.05, 0.1) is 5.39 Å². The van der Waals surface area contributed by atoms with Gasteiger partial charge in [-0.3, -0.25) is 9.59 Å². The van der Waals surface area contributed by atoms with Gasteiger partial charge in [0.25, 0.3) is 0 Å². The quantitative estimate of drug-likeness (QED) is 0.468. The van der Waals surface area contributed by atoms with Gasteiger partial charge in [0.1, 0.15) is 11.4 Å². The molecule has 0 N–H and O–H groups in total. The second kappa shape index (κ2) is 7.48. The number of hydrogen-bond acceptors (Lipinski definition) is 4. The number of carbonyl (C=O) groups excluding carboxylic acids is 1. The van der Waals surface area contributed by atoms with Crippen LogP contribution in [0.15, 0.2) is 88.1 Å². The van der Waals surface area contributed by atoms with Crippen molar-refractivity contribution in [2.24, 2.45) is 0 Å². The molecule has 1 heterocycles. The molecule has 0 saturated carbocycles. The Kier molecular flexibility index (Phi) is 4.72. The Balaban J connectivity index is 1.74. The lowest BCUT2D eigenvalue weighted by molar-refractivity contribution is 0.0920. The number of Topliss-reactive ketones (excluding diaryl/α,β-unsaturated/α-hetero) is 1. The first kappa shape index (κ1) is 17.7. The minimum atomic E-state index is -0.431. The molecule has 28 heavy (non-hydrogen) atoms. The minimum absolute atomic E-state index is 0.0274. The van der Waals surface area contributed by atoms with E-state index in [0.717, 1.165) is 0 Å². The predicted molar refractivity (Wildman–Crippen MR) is 104 cm³/mol. The molecule has 0 aliphatic rings. The van der Waals surface area contributed by atoms with Crippen LogP contribution >= 0.6 is 0 Å². The summed E-state index contributed by atoms with van der Waals surface area (Å²) < 4.78 is 24.6. The molecule has 0 fully saturated rings. The number of carbonyl (C=O) groups is 1. The molecule has 0 bridgehead atoms. The second-order valence-electron chi connectivity index (χ2n) is 6.17. The molecular formula is C23H15FO4. The maximum Gasteiger partial charge on any atom is 0.235 e. The number of rotatable bonds is 5. The Hall–Kier alpha value is -3.73. The molecule has 0 amide bonds. The van der Waals surface area contributed by atoms with Gasteiger partial charge in [0, 0.05) is 11.1 Å². The Bertz CT molecular complexity index is 1190. The van der Waals surface area contributed by atoms with Crippen LogP contribution in [0, 0.1) is 5.82 Å². The van der Waals surface area contributed by atoms with Crippen molar-refractivity contribution in [2.75, 3.05) is 6.61 Å². The third-order valence-corrected chi connectivity index (χ3v) is 4.31. The number of fused-ring (bicyclic) bond motifs is 1. The van der Waals surface area contributed by atoms with Gasteiger partial charge < -0.3 is 9.15 Å². The minimum Gasteiger partial charge on any atom is -0.478 e. The molecule has 5 heteroatoms. The van der Waals surface area contributed by atoms with Crippen molar-refractivity contribution in [3.63, 3.8) is 0 Å². The number of ketones is 1. The second-order valence-corrected chi connectivity index (χ2v) is 6.17. The van der Waals surface area contributed by atoms with E-state index in [9.17, 15) is 14.0 Å². The van der Waals surface area contributed by atoms with E-state index >= 15 is 0 Å². The number of halogens is 1. The zero-order chi connectivity index (χ0) is 19.5. The van der Waals surface area contributed by atoms with Crippen LogP contribution in [0.1, 0.15) is 10.4 Å². The fourth-order valence-electron chi connectivity index (χ4n) is 2.89. The summed E-state index contributed by atoms with van der Waals surface area (Å²) in [5, 5.41) is 0.367. The van der Waals surface area contributed by atoms with Gasteiger partial charge in [-0.05, 0) is 36.4 Å². The van der Waals surface area contributed by atoms with Crippen molar-refractivity contribution in [2.45, 2.75) is 0 Å². The zero-order valence-corrected chi connectivity index (χ0v) is 14.7. The van der Waals surface area contributed by atoms with Crippen molar-refractivity contribution < 1.29 is 18.3 Å². The molecule has 0 unspecified atom stereocenters. The first-order valence-corrected chi connectivity index (χ1v) is 8.66. The highest BCUT2D eigenvalue weighted by molar-refractivity contribution is 5.97. The van der Waals surface area contributed by atoms with E-state index in [1.807, 2.05) is 18.2 Å². The summed E-state index contributed by atoms with van der Waals surface area (Å²) in [4.78, 5) is 25.3. The molecule has 4 aromatic rings. The summed E-state index contributed by atoms with van der Waals surface area (Å²) in [6, 6.07) is 21.1. The largest absolute Gasteiger partial charge is 0.478 e. The Labute approximate surface area is 159 Å². The summed E-state index contributed by atoms with van der Waals surface area (Å²) in [5.74, 6) is -0.567. The number of benzene rings is 3. The van der Waals surface area contributed by atoms with Gasteiger partial charge in [-0.15, -0.1) is 0 Å². The zero-order valence-electron chi connectivity index (χ0n) is 14.7. The predicted octanol–water partition coefficient (Wildman–Crippen LogP) is 4.86. The molecule has 0 spiro atoms. The molecule has 0 aliphatic heterocycles. The molecule has 0 radical (unpaired) electrons. The molecule has 0 saturated heterocycles. The van der Waals surface area contributed by atoms with Crippen LogP contribution in [0.25, 0.3) is 22.3 Å². The van der Waals surface area contributed by atoms with E-state index in [4.69, 9.17) is 9.15 Å². The molecule has 3 aromatic carbocycles. The maximum atomic E-state index is 13.0. The molecule has 1 aromatic heterocycles. The maximum absolute atomic E-state index is 13.0. The highest BCUT2D eigenvalue weighted by Crippen LogP contribution is 2.30. The van der Waals surface area contributed by atoms with Gasteiger partial charge in [-0.25, -0.2) is 4.39 Å². The summed E-state index contributed by atoms with van der Waals surface area (Å²) in [5.41, 5.74) is 1.04. The van der Waals surface area contributed by atoms with Crippen LogP contribution in [-0.4, -0.2) is 12.4 Å². The first-order chi connectivity index (χ1) is 13.6. The normalized spacial score (nSPS) is 10.8. The lowest BCUT2D eigenvalue weighted by Gasteiger charge is -2.11. The van der Waals surface area contributed by atoms with Gasteiger partial charge in [0.2, 0.25) is 11.2 Å². The van der Waals surface area contributed by atoms with Gasteiger partial charge in [-0.1, -0.05) is 42.5 Å². The van der Waals surface area contributed by atoms with Crippen molar-refractivity contribution in [3.05, 3.63) is 100 Å². The number of ether oxygens (including phenoxy) is 1. The highest BCUT2D eigenvalue weighted by atomic mass is 19.1. The Morgan fingerprint density at radius 2 is 1.57 bits per heavy atom. The van der Waals surface area contributed by atoms with E-state index in [-0.39, 0.29) is 29.3 Å². The van der Waals surface area contributed by atoms with E-state index in [0.29, 0.717) is 22.1 Å².